The lowest BCUT2D eigenvalue weighted by molar-refractivity contribution is 0.0926. The highest BCUT2D eigenvalue weighted by Crippen LogP contribution is 2.22. The van der Waals surface area contributed by atoms with E-state index in [9.17, 15) is 18.4 Å². The van der Waals surface area contributed by atoms with Gasteiger partial charge in [-0.2, -0.15) is 0 Å². The maximum Gasteiger partial charge on any atom is 0.256 e. The summed E-state index contributed by atoms with van der Waals surface area (Å²) >= 11 is 0. The van der Waals surface area contributed by atoms with Crippen molar-refractivity contribution in [1.29, 1.82) is 0 Å². The predicted molar refractivity (Wildman–Crippen MR) is 115 cm³/mol. The first kappa shape index (κ1) is 21.0. The Kier molecular flexibility index (Phi) is 6.02. The van der Waals surface area contributed by atoms with Gasteiger partial charge in [0.05, 0.1) is 18.0 Å². The fraction of sp³-hybridized carbons (Fsp3) is 0.333. The molecule has 4 rings (SSSR count). The number of carbonyl (C=O) groups excluding carboxylic acids is 1. The zero-order valence-corrected chi connectivity index (χ0v) is 17.3. The van der Waals surface area contributed by atoms with Crippen LogP contribution in [-0.4, -0.2) is 23.6 Å². The number of aromatic nitrogens is 1. The minimum absolute atomic E-state index is 0.0104. The average molecular weight is 426 g/mol. The quantitative estimate of drug-likeness (QED) is 0.658. The van der Waals surface area contributed by atoms with Gasteiger partial charge in [-0.3, -0.25) is 9.59 Å². The van der Waals surface area contributed by atoms with Crippen LogP contribution in [0.2, 0.25) is 0 Å². The summed E-state index contributed by atoms with van der Waals surface area (Å²) < 4.78 is 35.9. The minimum Gasteiger partial charge on any atom is -0.497 e. The van der Waals surface area contributed by atoms with Crippen molar-refractivity contribution in [3.63, 3.8) is 0 Å². The number of fused-ring (bicyclic) bond motifs is 1. The van der Waals surface area contributed by atoms with Crippen LogP contribution < -0.4 is 15.5 Å². The van der Waals surface area contributed by atoms with Gasteiger partial charge < -0.3 is 14.6 Å². The van der Waals surface area contributed by atoms with Crippen LogP contribution in [0.5, 0.6) is 5.75 Å². The van der Waals surface area contributed by atoms with Gasteiger partial charge in [0, 0.05) is 18.8 Å². The molecular weight excluding hydrogens is 402 g/mol. The van der Waals surface area contributed by atoms with E-state index >= 15 is 0 Å². The summed E-state index contributed by atoms with van der Waals surface area (Å²) in [6.45, 7) is 0.158. The number of hydrogen-bond acceptors (Lipinski definition) is 3. The van der Waals surface area contributed by atoms with Crippen LogP contribution in [-0.2, 0) is 6.54 Å². The lowest BCUT2D eigenvalue weighted by Gasteiger charge is -2.23. The molecule has 2 aromatic carbocycles. The van der Waals surface area contributed by atoms with Gasteiger partial charge in [0.1, 0.15) is 22.9 Å². The van der Waals surface area contributed by atoms with Gasteiger partial charge in [0.15, 0.2) is 0 Å². The van der Waals surface area contributed by atoms with Crippen LogP contribution in [0, 0.1) is 11.6 Å². The van der Waals surface area contributed by atoms with Crippen molar-refractivity contribution in [2.75, 3.05) is 7.11 Å². The molecule has 31 heavy (non-hydrogen) atoms. The van der Waals surface area contributed by atoms with Gasteiger partial charge >= 0.3 is 0 Å². The molecule has 0 atom stereocenters. The first-order valence-corrected chi connectivity index (χ1v) is 10.4. The standard InChI is InChI=1S/C24H24F2N2O3/c1-31-17-9-7-15(8-10-17)13-28-14-18(24(30)27-16-5-3-2-4-6-16)23(29)21-19(25)11-12-20(26)22(21)28/h7-12,14,16H,2-6,13H2,1H3,(H,27,30). The Morgan fingerprint density at radius 1 is 1.06 bits per heavy atom. The Morgan fingerprint density at radius 3 is 2.42 bits per heavy atom. The maximum atomic E-state index is 14.7. The highest BCUT2D eigenvalue weighted by atomic mass is 19.1. The van der Waals surface area contributed by atoms with E-state index in [4.69, 9.17) is 4.74 Å². The Morgan fingerprint density at radius 2 is 1.74 bits per heavy atom. The van der Waals surface area contributed by atoms with E-state index < -0.39 is 28.4 Å². The van der Waals surface area contributed by atoms with Crippen LogP contribution >= 0.6 is 0 Å². The molecule has 1 heterocycles. The van der Waals surface area contributed by atoms with Crippen LogP contribution in [0.4, 0.5) is 8.78 Å². The average Bonchev–Trinajstić information content (AvgIpc) is 2.78. The van der Waals surface area contributed by atoms with Crippen LogP contribution in [0.3, 0.4) is 0 Å². The topological polar surface area (TPSA) is 60.3 Å². The Bertz CT molecular complexity index is 1170. The van der Waals surface area contributed by atoms with Crippen molar-refractivity contribution in [3.8, 4) is 5.75 Å². The van der Waals surface area contributed by atoms with E-state index in [1.807, 2.05) is 0 Å². The zero-order valence-electron chi connectivity index (χ0n) is 17.3. The van der Waals surface area contributed by atoms with E-state index in [0.29, 0.717) is 5.75 Å². The number of pyridine rings is 1. The molecule has 0 unspecified atom stereocenters. The maximum absolute atomic E-state index is 14.7. The third-order valence-electron chi connectivity index (χ3n) is 5.82. The van der Waals surface area contributed by atoms with Gasteiger partial charge in [-0.05, 0) is 42.7 Å². The Hall–Kier alpha value is -3.22. The second kappa shape index (κ2) is 8.88. The monoisotopic (exact) mass is 426 g/mol. The number of hydrogen-bond donors (Lipinski definition) is 1. The molecule has 0 aliphatic heterocycles. The molecule has 0 saturated heterocycles. The number of amides is 1. The lowest BCUT2D eigenvalue weighted by atomic mass is 9.95. The van der Waals surface area contributed by atoms with Gasteiger partial charge in [-0.15, -0.1) is 0 Å². The van der Waals surface area contributed by atoms with Crippen molar-refractivity contribution < 1.29 is 18.3 Å². The van der Waals surface area contributed by atoms with Gasteiger partial charge in [-0.1, -0.05) is 31.4 Å². The number of nitrogens with zero attached hydrogens (tertiary/aromatic N) is 1. The second-order valence-corrected chi connectivity index (χ2v) is 7.91. The van der Waals surface area contributed by atoms with Crippen molar-refractivity contribution in [1.82, 2.24) is 9.88 Å². The highest BCUT2D eigenvalue weighted by molar-refractivity contribution is 5.97. The number of benzene rings is 2. The van der Waals surface area contributed by atoms with Gasteiger partial charge in [-0.25, -0.2) is 8.78 Å². The smallest absolute Gasteiger partial charge is 0.256 e. The molecule has 1 N–H and O–H groups in total. The van der Waals surface area contributed by atoms with Gasteiger partial charge in [0.25, 0.3) is 5.91 Å². The Balaban J connectivity index is 1.79. The molecule has 3 aromatic rings. The molecule has 0 radical (unpaired) electrons. The fourth-order valence-corrected chi connectivity index (χ4v) is 4.18. The summed E-state index contributed by atoms with van der Waals surface area (Å²) in [5.41, 5.74) is -0.356. The molecule has 0 bridgehead atoms. The number of nitrogens with one attached hydrogen (secondary N) is 1. The number of rotatable bonds is 5. The van der Waals surface area contributed by atoms with Crippen molar-refractivity contribution >= 4 is 16.8 Å². The van der Waals surface area contributed by atoms with E-state index in [1.54, 1.807) is 31.4 Å². The lowest BCUT2D eigenvalue weighted by Crippen LogP contribution is -2.38. The van der Waals surface area contributed by atoms with Crippen LogP contribution in [0.1, 0.15) is 48.0 Å². The number of carbonyl (C=O) groups is 1. The molecule has 1 amide bonds. The molecule has 5 nitrogen and oxygen atoms in total. The Labute approximate surface area is 178 Å². The molecule has 1 saturated carbocycles. The molecule has 162 valence electrons. The highest BCUT2D eigenvalue weighted by Gasteiger charge is 2.23. The fourth-order valence-electron chi connectivity index (χ4n) is 4.18. The summed E-state index contributed by atoms with van der Waals surface area (Å²) in [4.78, 5) is 25.9. The molecule has 1 aromatic heterocycles. The molecule has 1 aliphatic carbocycles. The van der Waals surface area contributed by atoms with Crippen molar-refractivity contribution in [3.05, 3.63) is 75.6 Å². The first-order valence-electron chi connectivity index (χ1n) is 10.4. The first-order chi connectivity index (χ1) is 15.0. The molecular formula is C24H24F2N2O3. The predicted octanol–water partition coefficient (Wildman–Crippen LogP) is 4.40. The summed E-state index contributed by atoms with van der Waals surface area (Å²) in [6, 6.07) is 9.00. The summed E-state index contributed by atoms with van der Waals surface area (Å²) in [7, 11) is 1.56. The molecule has 0 spiro atoms. The second-order valence-electron chi connectivity index (χ2n) is 7.91. The van der Waals surface area contributed by atoms with Gasteiger partial charge in [0.2, 0.25) is 5.43 Å². The minimum atomic E-state index is -0.850. The molecule has 7 heteroatoms. The summed E-state index contributed by atoms with van der Waals surface area (Å²) in [6.07, 6.45) is 6.19. The zero-order chi connectivity index (χ0) is 22.0. The van der Waals surface area contributed by atoms with E-state index in [1.165, 1.54) is 10.8 Å². The number of methoxy groups -OCH3 is 1. The largest absolute Gasteiger partial charge is 0.497 e. The SMILES string of the molecule is COc1ccc(Cn2cc(C(=O)NC3CCCCC3)c(=O)c3c(F)ccc(F)c32)cc1. The number of ether oxygens (including phenoxy) is 1. The molecule has 1 aliphatic rings. The number of halogens is 2. The van der Waals surface area contributed by atoms with Crippen LogP contribution in [0.25, 0.3) is 10.9 Å². The van der Waals surface area contributed by atoms with E-state index in [-0.39, 0.29) is 23.7 Å². The third-order valence-corrected chi connectivity index (χ3v) is 5.82. The molecule has 1 fully saturated rings. The van der Waals surface area contributed by atoms with Crippen LogP contribution in [0.15, 0.2) is 47.4 Å². The normalized spacial score (nSPS) is 14.5. The van der Waals surface area contributed by atoms with E-state index in [0.717, 1.165) is 49.8 Å². The summed E-state index contributed by atoms with van der Waals surface area (Å²) in [5.74, 6) is -1.46. The van der Waals surface area contributed by atoms with E-state index in [2.05, 4.69) is 5.32 Å². The summed E-state index contributed by atoms with van der Waals surface area (Å²) in [5, 5.41) is 2.48. The third kappa shape index (κ3) is 4.31. The van der Waals surface area contributed by atoms with Crippen molar-refractivity contribution in [2.45, 2.75) is 44.7 Å². The van der Waals surface area contributed by atoms with Crippen molar-refractivity contribution in [2.24, 2.45) is 0 Å².